The predicted molar refractivity (Wildman–Crippen MR) is 146 cm³/mol. The maximum atomic E-state index is 12.8. The lowest BCUT2D eigenvalue weighted by molar-refractivity contribution is -0.141. The molecule has 0 aliphatic rings. The number of para-hydroxylation sites is 1. The Bertz CT molecular complexity index is 1100. The summed E-state index contributed by atoms with van der Waals surface area (Å²) in [5.41, 5.74) is -0.0740. The maximum absolute atomic E-state index is 12.8. The van der Waals surface area contributed by atoms with Crippen molar-refractivity contribution in [3.63, 3.8) is 0 Å². The first-order valence-electron chi connectivity index (χ1n) is 11.5. The van der Waals surface area contributed by atoms with E-state index < -0.39 is 40.4 Å². The second-order valence-electron chi connectivity index (χ2n) is 8.33. The van der Waals surface area contributed by atoms with E-state index in [1.165, 1.54) is 18.2 Å². The highest BCUT2D eigenvalue weighted by atomic mass is 32.1. The number of alkyl halides is 3. The Morgan fingerprint density at radius 2 is 1.69 bits per heavy atom. The van der Waals surface area contributed by atoms with Crippen molar-refractivity contribution >= 4 is 54.5 Å². The fraction of sp³-hybridized carbons (Fsp3) is 0.400. The van der Waals surface area contributed by atoms with Crippen LogP contribution in [0.2, 0.25) is 0 Å². The molecule has 0 heterocycles. The summed E-state index contributed by atoms with van der Waals surface area (Å²) >= 11 is 7.81. The number of ether oxygens (including phenoxy) is 2. The van der Waals surface area contributed by atoms with Crippen molar-refractivity contribution in [2.24, 2.45) is 0 Å². The van der Waals surface area contributed by atoms with E-state index in [1.54, 1.807) is 32.0 Å². The Labute approximate surface area is 234 Å². The van der Waals surface area contributed by atoms with Gasteiger partial charge in [0.05, 0.1) is 41.4 Å². The number of thiol groups is 2. The molecule has 0 spiro atoms. The molecule has 4 N–H and O–H groups in total. The van der Waals surface area contributed by atoms with Gasteiger partial charge in [0, 0.05) is 11.4 Å². The smallest absolute Gasteiger partial charge is 0.416 e. The zero-order chi connectivity index (χ0) is 29.6. The van der Waals surface area contributed by atoms with Crippen molar-refractivity contribution in [2.75, 3.05) is 37.5 Å². The van der Waals surface area contributed by atoms with E-state index in [4.69, 9.17) is 19.7 Å². The molecule has 0 aliphatic heterocycles. The number of hydrogen-bond acceptors (Lipinski definition) is 9. The molecule has 2 aromatic carbocycles. The van der Waals surface area contributed by atoms with Gasteiger partial charge < -0.3 is 30.3 Å². The molecule has 1 atom stereocenters. The number of aliphatic hydroxyl groups excluding tert-OH is 1. The topological polar surface area (TPSA) is 134 Å². The molecule has 0 aromatic heterocycles. The summed E-state index contributed by atoms with van der Waals surface area (Å²) in [7, 11) is 0. The van der Waals surface area contributed by atoms with E-state index in [0.717, 1.165) is 12.1 Å². The summed E-state index contributed by atoms with van der Waals surface area (Å²) in [5.74, 6) is -2.09. The molecule has 0 saturated heterocycles. The van der Waals surface area contributed by atoms with Crippen molar-refractivity contribution < 1.29 is 47.2 Å². The summed E-state index contributed by atoms with van der Waals surface area (Å²) in [6.07, 6.45) is -4.45. The molecule has 9 nitrogen and oxygen atoms in total. The number of carboxylic acids is 1. The highest BCUT2D eigenvalue weighted by molar-refractivity contribution is 7.82. The fourth-order valence-electron chi connectivity index (χ4n) is 2.66. The molecule has 0 aliphatic carbocycles. The van der Waals surface area contributed by atoms with Crippen LogP contribution in [0.5, 0.6) is 0 Å². The normalized spacial score (nSPS) is 12.0. The molecule has 39 heavy (non-hydrogen) atoms. The largest absolute Gasteiger partial charge is 0.480 e. The summed E-state index contributed by atoms with van der Waals surface area (Å²) in [5, 5.41) is 22.3. The first kappa shape index (κ1) is 34.1. The zero-order valence-electron chi connectivity index (χ0n) is 21.2. The Morgan fingerprint density at radius 3 is 2.26 bits per heavy atom. The molecular formula is C25H31F3N2O7S2. The number of aliphatic carboxylic acids is 1. The fourth-order valence-corrected chi connectivity index (χ4v) is 2.97. The number of aliphatic hydroxyl groups is 1. The molecule has 14 heteroatoms. The van der Waals surface area contributed by atoms with Crippen molar-refractivity contribution in [3.8, 4) is 0 Å². The van der Waals surface area contributed by atoms with Crippen LogP contribution in [-0.2, 0) is 25.2 Å². The number of esters is 1. The lowest BCUT2D eigenvalue weighted by atomic mass is 10.1. The number of nitrogens with one attached hydrogen (secondary N) is 2. The van der Waals surface area contributed by atoms with E-state index in [2.05, 4.69) is 35.9 Å². The number of anilines is 2. The van der Waals surface area contributed by atoms with Crippen LogP contribution in [0, 0.1) is 0 Å². The van der Waals surface area contributed by atoms with Crippen LogP contribution >= 0.6 is 25.3 Å². The summed E-state index contributed by atoms with van der Waals surface area (Å²) < 4.78 is 47.6. The minimum Gasteiger partial charge on any atom is -0.480 e. The summed E-state index contributed by atoms with van der Waals surface area (Å²) in [4.78, 5) is 33.9. The predicted octanol–water partition coefficient (Wildman–Crippen LogP) is 3.81. The second kappa shape index (κ2) is 16.2. The Morgan fingerprint density at radius 1 is 1.03 bits per heavy atom. The number of halogens is 3. The van der Waals surface area contributed by atoms with E-state index >= 15 is 0 Å². The number of hydrogen-bond donors (Lipinski definition) is 6. The Balaban J connectivity index is 0.000000495. The highest BCUT2D eigenvalue weighted by Crippen LogP contribution is 2.32. The molecule has 0 bridgehead atoms. The average Bonchev–Trinajstić information content (AvgIpc) is 2.86. The molecule has 2 aromatic rings. The van der Waals surface area contributed by atoms with Gasteiger partial charge in [-0.3, -0.25) is 4.79 Å². The van der Waals surface area contributed by atoms with Gasteiger partial charge >= 0.3 is 18.1 Å². The second-order valence-corrected chi connectivity index (χ2v) is 9.81. The number of amides is 1. The maximum Gasteiger partial charge on any atom is 0.416 e. The van der Waals surface area contributed by atoms with Crippen LogP contribution in [-0.4, -0.2) is 71.0 Å². The third-order valence-electron chi connectivity index (χ3n) is 4.65. The van der Waals surface area contributed by atoms with Crippen molar-refractivity contribution in [3.05, 3.63) is 59.7 Å². The van der Waals surface area contributed by atoms with Crippen molar-refractivity contribution in [1.82, 2.24) is 5.32 Å². The van der Waals surface area contributed by atoms with Gasteiger partial charge in [-0.05, 0) is 44.2 Å². The average molecular weight is 593 g/mol. The lowest BCUT2D eigenvalue weighted by Crippen LogP contribution is -2.48. The lowest BCUT2D eigenvalue weighted by Gasteiger charge is -2.19. The standard InChI is InChI=1S/C18H18F3NO4.C7H13NO3S2/c19-18(20,21)13-4-3-5-14(12-13)22-16-7-2-1-6-15(16)17(24)26-11-10-25-9-8-23;1-7(2,13)6(11)8-4(3-12)5(9)10/h1-7,12,22-23H,8-11H2;4,12-13H,3H2,1-2H3,(H,8,11)(H,9,10)/t;4-/m.0/s1. The highest BCUT2D eigenvalue weighted by Gasteiger charge is 2.30. The molecule has 0 radical (unpaired) electrons. The molecule has 2 rings (SSSR count). The quantitative estimate of drug-likeness (QED) is 0.125. The number of rotatable bonds is 12. The van der Waals surface area contributed by atoms with Gasteiger partial charge in [-0.2, -0.15) is 38.4 Å². The van der Waals surface area contributed by atoms with E-state index in [0.29, 0.717) is 5.69 Å². The minimum atomic E-state index is -4.45. The van der Waals surface area contributed by atoms with Crippen molar-refractivity contribution in [1.29, 1.82) is 0 Å². The van der Waals surface area contributed by atoms with E-state index in [1.807, 2.05) is 0 Å². The number of benzene rings is 2. The zero-order valence-corrected chi connectivity index (χ0v) is 23.0. The van der Waals surface area contributed by atoms with Gasteiger partial charge in [0.1, 0.15) is 12.6 Å². The van der Waals surface area contributed by atoms with Crippen LogP contribution in [0.3, 0.4) is 0 Å². The third-order valence-corrected chi connectivity index (χ3v) is 5.22. The van der Waals surface area contributed by atoms with Crippen LogP contribution in [0.25, 0.3) is 0 Å². The summed E-state index contributed by atoms with van der Waals surface area (Å²) in [6.45, 7) is 3.32. The molecule has 216 valence electrons. The molecular weight excluding hydrogens is 561 g/mol. The molecule has 0 saturated carbocycles. The van der Waals surface area contributed by atoms with Gasteiger partial charge in [-0.1, -0.05) is 18.2 Å². The first-order chi connectivity index (χ1) is 18.2. The summed E-state index contributed by atoms with van der Waals surface area (Å²) in [6, 6.07) is 10.1. The molecule has 1 amide bonds. The third kappa shape index (κ3) is 12.6. The van der Waals surface area contributed by atoms with Crippen LogP contribution in [0.4, 0.5) is 24.5 Å². The van der Waals surface area contributed by atoms with Crippen LogP contribution in [0.15, 0.2) is 48.5 Å². The van der Waals surface area contributed by atoms with Gasteiger partial charge in [0.25, 0.3) is 0 Å². The number of carbonyl (C=O) groups excluding carboxylic acids is 2. The van der Waals surface area contributed by atoms with E-state index in [-0.39, 0.29) is 43.4 Å². The SMILES string of the molecule is CC(C)(S)C(=O)N[C@@H](CS)C(=O)O.O=C(OCCOCCO)c1ccccc1Nc1cccc(C(F)(F)F)c1. The molecule has 0 fully saturated rings. The van der Waals surface area contributed by atoms with E-state index in [9.17, 15) is 27.6 Å². The first-order valence-corrected chi connectivity index (χ1v) is 12.5. The number of carbonyl (C=O) groups is 3. The monoisotopic (exact) mass is 592 g/mol. The van der Waals surface area contributed by atoms with Gasteiger partial charge in [-0.25, -0.2) is 9.59 Å². The van der Waals surface area contributed by atoms with Crippen molar-refractivity contribution in [2.45, 2.75) is 30.8 Å². The van der Waals surface area contributed by atoms with Gasteiger partial charge in [0.2, 0.25) is 5.91 Å². The van der Waals surface area contributed by atoms with Gasteiger partial charge in [0.15, 0.2) is 0 Å². The number of carboxylic acid groups (broad SMARTS) is 1. The Kier molecular flexibility index (Phi) is 14.2. The van der Waals surface area contributed by atoms with Gasteiger partial charge in [-0.15, -0.1) is 0 Å². The molecule has 0 unspecified atom stereocenters. The Hall–Kier alpha value is -2.94. The van der Waals surface area contributed by atoms with Crippen LogP contribution in [0.1, 0.15) is 29.8 Å². The van der Waals surface area contributed by atoms with Crippen LogP contribution < -0.4 is 10.6 Å². The minimum absolute atomic E-state index is 0.00325.